The van der Waals surface area contributed by atoms with E-state index in [1.807, 2.05) is 0 Å². The number of amides is 1. The second kappa shape index (κ2) is 9.58. The molecule has 0 spiro atoms. The van der Waals surface area contributed by atoms with Crippen molar-refractivity contribution in [3.05, 3.63) is 58.1 Å². The summed E-state index contributed by atoms with van der Waals surface area (Å²) in [5.41, 5.74) is 0.708. The van der Waals surface area contributed by atoms with Crippen LogP contribution < -0.4 is 5.32 Å². The minimum absolute atomic E-state index is 0.00830. The van der Waals surface area contributed by atoms with Crippen LogP contribution in [-0.2, 0) is 20.7 Å². The number of esters is 1. The summed E-state index contributed by atoms with van der Waals surface area (Å²) in [5, 5.41) is 7.42. The number of furan rings is 1. The van der Waals surface area contributed by atoms with E-state index in [1.54, 1.807) is 37.3 Å². The van der Waals surface area contributed by atoms with E-state index in [0.717, 1.165) is 0 Å². The van der Waals surface area contributed by atoms with Gasteiger partial charge >= 0.3 is 5.97 Å². The molecule has 0 saturated heterocycles. The molecule has 0 fully saturated rings. The maximum absolute atomic E-state index is 12.0. The molecule has 3 aromatic rings. The van der Waals surface area contributed by atoms with Crippen molar-refractivity contribution in [2.75, 3.05) is 6.61 Å². The third-order valence-corrected chi connectivity index (χ3v) is 4.49. The largest absolute Gasteiger partial charge is 0.461 e. The number of nitrogens with one attached hydrogen (secondary N) is 1. The SMILES string of the molecule is CC(NC(=O)COC(=O)CCc1nc(-c2ccco2)no1)c1ccc(Cl)cc1Cl. The smallest absolute Gasteiger partial charge is 0.306 e. The molecule has 1 N–H and O–H groups in total. The Labute approximate surface area is 176 Å². The van der Waals surface area contributed by atoms with E-state index < -0.39 is 18.5 Å². The number of benzene rings is 1. The van der Waals surface area contributed by atoms with Crippen LogP contribution in [0.1, 0.15) is 30.8 Å². The van der Waals surface area contributed by atoms with Gasteiger partial charge in [0.15, 0.2) is 12.4 Å². The predicted octanol–water partition coefficient (Wildman–Crippen LogP) is 3.99. The highest BCUT2D eigenvalue weighted by Gasteiger charge is 2.16. The van der Waals surface area contributed by atoms with Crippen LogP contribution in [0.5, 0.6) is 0 Å². The summed E-state index contributed by atoms with van der Waals surface area (Å²) in [4.78, 5) is 28.0. The van der Waals surface area contributed by atoms with Crippen molar-refractivity contribution in [1.82, 2.24) is 15.5 Å². The van der Waals surface area contributed by atoms with Crippen LogP contribution in [0, 0.1) is 0 Å². The van der Waals surface area contributed by atoms with Crippen molar-refractivity contribution in [1.29, 1.82) is 0 Å². The number of nitrogens with zero attached hydrogens (tertiary/aromatic N) is 2. The Balaban J connectivity index is 1.41. The Kier molecular flexibility index (Phi) is 6.90. The Morgan fingerprint density at radius 1 is 1.28 bits per heavy atom. The summed E-state index contributed by atoms with van der Waals surface area (Å²) in [6, 6.07) is 8.03. The molecule has 10 heteroatoms. The van der Waals surface area contributed by atoms with E-state index in [1.165, 1.54) is 6.26 Å². The van der Waals surface area contributed by atoms with E-state index in [-0.39, 0.29) is 24.8 Å². The van der Waals surface area contributed by atoms with Crippen molar-refractivity contribution in [3.63, 3.8) is 0 Å². The number of rotatable bonds is 8. The Bertz CT molecular complexity index is 988. The quantitative estimate of drug-likeness (QED) is 0.530. The van der Waals surface area contributed by atoms with E-state index in [9.17, 15) is 9.59 Å². The van der Waals surface area contributed by atoms with Gasteiger partial charge in [-0.3, -0.25) is 9.59 Å². The fourth-order valence-electron chi connectivity index (χ4n) is 2.50. The average molecular weight is 438 g/mol. The molecule has 3 rings (SSSR count). The summed E-state index contributed by atoms with van der Waals surface area (Å²) in [6.45, 7) is 1.36. The lowest BCUT2D eigenvalue weighted by Crippen LogP contribution is -2.31. The molecule has 1 amide bonds. The molecule has 0 aliphatic carbocycles. The third kappa shape index (κ3) is 5.82. The second-order valence-electron chi connectivity index (χ2n) is 6.10. The van der Waals surface area contributed by atoms with Crippen molar-refractivity contribution < 1.29 is 23.3 Å². The Morgan fingerprint density at radius 3 is 2.83 bits per heavy atom. The van der Waals surface area contributed by atoms with Gasteiger partial charge in [-0.25, -0.2) is 0 Å². The third-order valence-electron chi connectivity index (χ3n) is 3.92. The van der Waals surface area contributed by atoms with Crippen LogP contribution in [0.2, 0.25) is 10.0 Å². The predicted molar refractivity (Wildman–Crippen MR) is 104 cm³/mol. The standard InChI is InChI=1S/C19H17Cl2N3O5/c1-11(13-5-4-12(20)9-14(13)21)22-16(25)10-28-18(26)7-6-17-23-19(24-29-17)15-3-2-8-27-15/h2-5,8-9,11H,6-7,10H2,1H3,(H,22,25). The number of aromatic nitrogens is 2. The highest BCUT2D eigenvalue weighted by Crippen LogP contribution is 2.26. The van der Waals surface area contributed by atoms with Gasteiger partial charge in [0.25, 0.3) is 5.91 Å². The first-order valence-electron chi connectivity index (χ1n) is 8.69. The number of carbonyl (C=O) groups is 2. The van der Waals surface area contributed by atoms with E-state index in [2.05, 4.69) is 15.5 Å². The van der Waals surface area contributed by atoms with Gasteiger partial charge in [-0.15, -0.1) is 0 Å². The van der Waals surface area contributed by atoms with Gasteiger partial charge in [0.1, 0.15) is 0 Å². The molecule has 29 heavy (non-hydrogen) atoms. The number of halogens is 2. The number of hydrogen-bond donors (Lipinski definition) is 1. The highest BCUT2D eigenvalue weighted by atomic mass is 35.5. The van der Waals surface area contributed by atoms with Crippen LogP contribution in [0.25, 0.3) is 11.6 Å². The summed E-state index contributed by atoms with van der Waals surface area (Å²) in [7, 11) is 0. The zero-order valence-electron chi connectivity index (χ0n) is 15.4. The maximum atomic E-state index is 12.0. The van der Waals surface area contributed by atoms with Crippen LogP contribution in [0.15, 0.2) is 45.5 Å². The van der Waals surface area contributed by atoms with E-state index in [0.29, 0.717) is 27.2 Å². The minimum Gasteiger partial charge on any atom is -0.461 e. The molecule has 1 atom stereocenters. The molecular formula is C19H17Cl2N3O5. The fraction of sp³-hybridized carbons (Fsp3) is 0.263. The van der Waals surface area contributed by atoms with Crippen molar-refractivity contribution >= 4 is 35.1 Å². The number of aryl methyl sites for hydroxylation is 1. The fourth-order valence-corrected chi connectivity index (χ4v) is 3.08. The summed E-state index contributed by atoms with van der Waals surface area (Å²) >= 11 is 12.0. The number of ether oxygens (including phenoxy) is 1. The molecule has 0 radical (unpaired) electrons. The zero-order valence-corrected chi connectivity index (χ0v) is 16.9. The van der Waals surface area contributed by atoms with E-state index >= 15 is 0 Å². The van der Waals surface area contributed by atoms with Crippen LogP contribution in [0.4, 0.5) is 0 Å². The molecule has 1 unspecified atom stereocenters. The topological polar surface area (TPSA) is 107 Å². The molecular weight excluding hydrogens is 421 g/mol. The molecule has 0 aliphatic heterocycles. The Hall–Kier alpha value is -2.84. The van der Waals surface area contributed by atoms with Gasteiger partial charge in [-0.1, -0.05) is 34.4 Å². The van der Waals surface area contributed by atoms with Crippen LogP contribution in [0.3, 0.4) is 0 Å². The molecule has 2 heterocycles. The number of carbonyl (C=O) groups excluding carboxylic acids is 2. The lowest BCUT2D eigenvalue weighted by atomic mass is 10.1. The minimum atomic E-state index is -0.560. The zero-order chi connectivity index (χ0) is 20.8. The summed E-state index contributed by atoms with van der Waals surface area (Å²) in [6.07, 6.45) is 1.67. The van der Waals surface area contributed by atoms with Crippen molar-refractivity contribution in [3.8, 4) is 11.6 Å². The average Bonchev–Trinajstić information content (AvgIpc) is 3.36. The Morgan fingerprint density at radius 2 is 2.10 bits per heavy atom. The first-order valence-corrected chi connectivity index (χ1v) is 9.44. The van der Waals surface area contributed by atoms with Gasteiger partial charge in [0, 0.05) is 16.5 Å². The van der Waals surface area contributed by atoms with Gasteiger partial charge in [0.2, 0.25) is 11.7 Å². The first kappa shape index (κ1) is 20.9. The molecule has 2 aromatic heterocycles. The molecule has 0 aliphatic rings. The second-order valence-corrected chi connectivity index (χ2v) is 6.95. The molecule has 1 aromatic carbocycles. The first-order chi connectivity index (χ1) is 13.9. The lowest BCUT2D eigenvalue weighted by Gasteiger charge is -2.16. The lowest BCUT2D eigenvalue weighted by molar-refractivity contribution is -0.148. The molecule has 0 bridgehead atoms. The van der Waals surface area contributed by atoms with Crippen LogP contribution in [-0.4, -0.2) is 28.6 Å². The van der Waals surface area contributed by atoms with Gasteiger partial charge in [-0.05, 0) is 36.8 Å². The monoisotopic (exact) mass is 437 g/mol. The van der Waals surface area contributed by atoms with Crippen molar-refractivity contribution in [2.24, 2.45) is 0 Å². The summed E-state index contributed by atoms with van der Waals surface area (Å²) in [5.74, 6) is 0.0235. The normalized spacial score (nSPS) is 11.8. The molecule has 8 nitrogen and oxygen atoms in total. The van der Waals surface area contributed by atoms with E-state index in [4.69, 9.17) is 36.9 Å². The van der Waals surface area contributed by atoms with Gasteiger partial charge in [-0.2, -0.15) is 4.98 Å². The molecule has 0 saturated carbocycles. The van der Waals surface area contributed by atoms with Crippen molar-refractivity contribution in [2.45, 2.75) is 25.8 Å². The molecule has 152 valence electrons. The highest BCUT2D eigenvalue weighted by molar-refractivity contribution is 6.35. The maximum Gasteiger partial charge on any atom is 0.306 e. The van der Waals surface area contributed by atoms with Gasteiger partial charge in [0.05, 0.1) is 18.7 Å². The number of hydrogen-bond acceptors (Lipinski definition) is 7. The summed E-state index contributed by atoms with van der Waals surface area (Å²) < 4.78 is 15.2. The van der Waals surface area contributed by atoms with Crippen LogP contribution >= 0.6 is 23.2 Å². The van der Waals surface area contributed by atoms with Gasteiger partial charge < -0.3 is 19.0 Å².